The molecule has 1 rings (SSSR count). The number of hydrogen-bond donors (Lipinski definition) is 3. The lowest BCUT2D eigenvalue weighted by atomic mass is 9.97. The molecule has 0 spiro atoms. The van der Waals surface area contributed by atoms with Crippen molar-refractivity contribution in [1.82, 2.24) is 0 Å². The average molecular weight is 324 g/mol. The summed E-state index contributed by atoms with van der Waals surface area (Å²) in [5.41, 5.74) is -0.210. The van der Waals surface area contributed by atoms with Crippen molar-refractivity contribution in [2.45, 2.75) is 46.5 Å². The van der Waals surface area contributed by atoms with Crippen molar-refractivity contribution in [2.75, 3.05) is 0 Å². The molecule has 0 heterocycles. The molecular weight excluding hydrogens is 300 g/mol. The fourth-order valence-electron chi connectivity index (χ4n) is 2.07. The third-order valence-electron chi connectivity index (χ3n) is 3.93. The van der Waals surface area contributed by atoms with E-state index in [-0.39, 0.29) is 5.56 Å². The molecule has 1 aromatic rings. The Morgan fingerprint density at radius 2 is 1.65 bits per heavy atom. The van der Waals surface area contributed by atoms with E-state index in [1.54, 1.807) is 6.92 Å². The fraction of sp³-hybridized carbons (Fsp3) is 0.529. The highest BCUT2D eigenvalue weighted by molar-refractivity contribution is 5.98. The molecule has 3 N–H and O–H groups in total. The second kappa shape index (κ2) is 8.41. The Bertz CT molecular complexity index is 543. The third-order valence-corrected chi connectivity index (χ3v) is 3.93. The monoisotopic (exact) mass is 324 g/mol. The van der Waals surface area contributed by atoms with Gasteiger partial charge in [-0.05, 0) is 24.5 Å². The predicted molar refractivity (Wildman–Crippen MR) is 84.3 cm³/mol. The Labute approximate surface area is 135 Å². The normalized spacial score (nSPS) is 13.3. The molecule has 6 nitrogen and oxygen atoms in total. The average Bonchev–Trinajstić information content (AvgIpc) is 2.51. The number of phenolic OH excluding ortho intramolecular Hbond substituents is 3. The maximum Gasteiger partial charge on any atom is 0.346 e. The van der Waals surface area contributed by atoms with Gasteiger partial charge in [0, 0.05) is 0 Å². The minimum absolute atomic E-state index is 0.210. The van der Waals surface area contributed by atoms with E-state index in [9.17, 15) is 24.9 Å². The van der Waals surface area contributed by atoms with Gasteiger partial charge in [-0.25, -0.2) is 4.79 Å². The van der Waals surface area contributed by atoms with E-state index >= 15 is 0 Å². The molecule has 2 unspecified atom stereocenters. The Morgan fingerprint density at radius 3 is 2.17 bits per heavy atom. The zero-order chi connectivity index (χ0) is 17.6. The largest absolute Gasteiger partial charge is 0.504 e. The first-order valence-electron chi connectivity index (χ1n) is 7.77. The first-order chi connectivity index (χ1) is 10.8. The minimum atomic E-state index is -0.977. The number of aromatic hydroxyl groups is 3. The molecule has 0 radical (unpaired) electrons. The van der Waals surface area contributed by atoms with Gasteiger partial charge < -0.3 is 20.1 Å². The SMILES string of the molecule is CCC(C)CCCC(C)C(=O)OC(=O)c1cc(O)c(O)c(O)c1. The molecule has 0 aliphatic carbocycles. The van der Waals surface area contributed by atoms with Crippen molar-refractivity contribution in [1.29, 1.82) is 0 Å². The number of benzene rings is 1. The number of carbonyl (C=O) groups is 2. The van der Waals surface area contributed by atoms with E-state index in [2.05, 4.69) is 13.8 Å². The quantitative estimate of drug-likeness (QED) is 0.404. The molecule has 0 bridgehead atoms. The van der Waals surface area contributed by atoms with Gasteiger partial charge in [0.15, 0.2) is 17.2 Å². The van der Waals surface area contributed by atoms with Crippen molar-refractivity contribution in [2.24, 2.45) is 11.8 Å². The molecule has 6 heteroatoms. The van der Waals surface area contributed by atoms with Crippen molar-refractivity contribution in [3.63, 3.8) is 0 Å². The van der Waals surface area contributed by atoms with Gasteiger partial charge in [-0.15, -0.1) is 0 Å². The summed E-state index contributed by atoms with van der Waals surface area (Å²) in [5, 5.41) is 27.9. The lowest BCUT2D eigenvalue weighted by molar-refractivity contribution is -0.142. The van der Waals surface area contributed by atoms with Crippen LogP contribution in [0.1, 0.15) is 56.8 Å². The lowest BCUT2D eigenvalue weighted by Crippen LogP contribution is -2.19. The van der Waals surface area contributed by atoms with Crippen LogP contribution in [0, 0.1) is 11.8 Å². The van der Waals surface area contributed by atoms with E-state index in [1.165, 1.54) is 0 Å². The first-order valence-corrected chi connectivity index (χ1v) is 7.77. The van der Waals surface area contributed by atoms with Gasteiger partial charge in [0.1, 0.15) is 0 Å². The Morgan fingerprint density at radius 1 is 1.09 bits per heavy atom. The fourth-order valence-corrected chi connectivity index (χ4v) is 2.07. The molecule has 0 amide bonds. The summed E-state index contributed by atoms with van der Waals surface area (Å²) < 4.78 is 4.75. The molecule has 2 atom stereocenters. The van der Waals surface area contributed by atoms with Crippen LogP contribution < -0.4 is 0 Å². The van der Waals surface area contributed by atoms with Crippen molar-refractivity contribution in [3.05, 3.63) is 17.7 Å². The zero-order valence-electron chi connectivity index (χ0n) is 13.7. The van der Waals surface area contributed by atoms with Gasteiger partial charge in [0.05, 0.1) is 11.5 Å². The highest BCUT2D eigenvalue weighted by Crippen LogP contribution is 2.35. The van der Waals surface area contributed by atoms with Crippen molar-refractivity contribution < 1.29 is 29.6 Å². The van der Waals surface area contributed by atoms with Crippen LogP contribution in [0.5, 0.6) is 17.2 Å². The summed E-state index contributed by atoms with van der Waals surface area (Å²) in [4.78, 5) is 23.7. The summed E-state index contributed by atoms with van der Waals surface area (Å²) in [6, 6.07) is 1.86. The van der Waals surface area contributed by atoms with Crippen LogP contribution in [0.3, 0.4) is 0 Å². The second-order valence-electron chi connectivity index (χ2n) is 5.92. The summed E-state index contributed by atoms with van der Waals surface area (Å²) in [6.45, 7) is 5.96. The second-order valence-corrected chi connectivity index (χ2v) is 5.92. The summed E-state index contributed by atoms with van der Waals surface area (Å²) in [5.74, 6) is -3.49. The van der Waals surface area contributed by atoms with Gasteiger partial charge in [-0.3, -0.25) is 4.79 Å². The number of phenols is 3. The van der Waals surface area contributed by atoms with Gasteiger partial charge in [-0.1, -0.05) is 40.0 Å². The number of rotatable bonds is 7. The minimum Gasteiger partial charge on any atom is -0.504 e. The summed E-state index contributed by atoms with van der Waals surface area (Å²) in [6.07, 6.45) is 3.61. The number of carbonyl (C=O) groups excluding carboxylic acids is 2. The number of esters is 2. The van der Waals surface area contributed by atoms with E-state index in [4.69, 9.17) is 4.74 Å². The summed E-state index contributed by atoms with van der Waals surface area (Å²) >= 11 is 0. The molecule has 0 aliphatic heterocycles. The van der Waals surface area contributed by atoms with E-state index in [0.717, 1.165) is 31.4 Å². The van der Waals surface area contributed by atoms with Crippen LogP contribution in [-0.4, -0.2) is 27.3 Å². The maximum atomic E-state index is 11.9. The highest BCUT2D eigenvalue weighted by Gasteiger charge is 2.21. The molecule has 23 heavy (non-hydrogen) atoms. The topological polar surface area (TPSA) is 104 Å². The van der Waals surface area contributed by atoms with Crippen LogP contribution in [-0.2, 0) is 9.53 Å². The number of ether oxygens (including phenoxy) is 1. The summed E-state index contributed by atoms with van der Waals surface area (Å²) in [7, 11) is 0. The van der Waals surface area contributed by atoms with Crippen LogP contribution in [0.2, 0.25) is 0 Å². The van der Waals surface area contributed by atoms with Crippen molar-refractivity contribution >= 4 is 11.9 Å². The predicted octanol–water partition coefficient (Wildman–Crippen LogP) is 3.34. The van der Waals surface area contributed by atoms with Gasteiger partial charge in [-0.2, -0.15) is 0 Å². The number of hydrogen-bond acceptors (Lipinski definition) is 6. The molecule has 1 aromatic carbocycles. The lowest BCUT2D eigenvalue weighted by Gasteiger charge is -2.12. The van der Waals surface area contributed by atoms with E-state index < -0.39 is 35.1 Å². The van der Waals surface area contributed by atoms with Crippen LogP contribution in [0.4, 0.5) is 0 Å². The van der Waals surface area contributed by atoms with Crippen molar-refractivity contribution in [3.8, 4) is 17.2 Å². The standard InChI is InChI=1S/C17H24O6/c1-4-10(2)6-5-7-11(3)16(21)23-17(22)12-8-13(18)15(20)14(19)9-12/h8-11,18-20H,4-7H2,1-3H3. The highest BCUT2D eigenvalue weighted by atomic mass is 16.6. The first kappa shape index (κ1) is 18.8. The molecule has 128 valence electrons. The van der Waals surface area contributed by atoms with E-state index in [1.807, 2.05) is 0 Å². The molecule has 0 saturated heterocycles. The Hall–Kier alpha value is -2.24. The van der Waals surface area contributed by atoms with Gasteiger partial charge in [0.2, 0.25) is 0 Å². The zero-order valence-corrected chi connectivity index (χ0v) is 13.7. The molecule has 0 aromatic heterocycles. The smallest absolute Gasteiger partial charge is 0.346 e. The third kappa shape index (κ3) is 5.47. The molecule has 0 fully saturated rings. The Kier molecular flexibility index (Phi) is 6.88. The Balaban J connectivity index is 2.58. The molecular formula is C17H24O6. The van der Waals surface area contributed by atoms with E-state index in [0.29, 0.717) is 12.3 Å². The van der Waals surface area contributed by atoms with Crippen LogP contribution in [0.25, 0.3) is 0 Å². The van der Waals surface area contributed by atoms with Gasteiger partial charge >= 0.3 is 11.9 Å². The van der Waals surface area contributed by atoms with Crippen LogP contribution in [0.15, 0.2) is 12.1 Å². The molecule has 0 saturated carbocycles. The van der Waals surface area contributed by atoms with Crippen LogP contribution >= 0.6 is 0 Å². The van der Waals surface area contributed by atoms with Gasteiger partial charge in [0.25, 0.3) is 0 Å². The molecule has 0 aliphatic rings. The maximum absolute atomic E-state index is 11.9.